The lowest BCUT2D eigenvalue weighted by atomic mass is 9.80. The molecular weight excluding hydrogens is 336 g/mol. The molecular formula is C19H20N2O3S. The van der Waals surface area contributed by atoms with Gasteiger partial charge in [0.15, 0.2) is 0 Å². The minimum atomic E-state index is -0.512. The van der Waals surface area contributed by atoms with Gasteiger partial charge in [0.05, 0.1) is 10.5 Å². The summed E-state index contributed by atoms with van der Waals surface area (Å²) in [5.41, 5.74) is -0.248. The Kier molecular flexibility index (Phi) is 3.89. The maximum atomic E-state index is 12.7. The van der Waals surface area contributed by atoms with Gasteiger partial charge in [0.25, 0.3) is 11.8 Å². The monoisotopic (exact) mass is 356 g/mol. The Morgan fingerprint density at radius 3 is 2.40 bits per heavy atom. The summed E-state index contributed by atoms with van der Waals surface area (Å²) in [6.07, 6.45) is 1.80. The van der Waals surface area contributed by atoms with Crippen molar-refractivity contribution in [3.8, 4) is 0 Å². The van der Waals surface area contributed by atoms with Crippen molar-refractivity contribution in [3.63, 3.8) is 0 Å². The number of amides is 2. The molecule has 0 bridgehead atoms. The van der Waals surface area contributed by atoms with Crippen LogP contribution in [0.2, 0.25) is 0 Å². The maximum absolute atomic E-state index is 12.7. The zero-order valence-corrected chi connectivity index (χ0v) is 14.8. The second kappa shape index (κ2) is 5.97. The van der Waals surface area contributed by atoms with E-state index in [1.807, 2.05) is 35.7 Å². The molecule has 2 amide bonds. The van der Waals surface area contributed by atoms with E-state index in [2.05, 4.69) is 5.32 Å². The predicted molar refractivity (Wildman–Crippen MR) is 95.8 cm³/mol. The van der Waals surface area contributed by atoms with Crippen molar-refractivity contribution >= 4 is 23.2 Å². The first-order valence-corrected chi connectivity index (χ1v) is 9.23. The molecule has 0 spiro atoms. The number of nitrogens with one attached hydrogen (secondary N) is 1. The topological polar surface area (TPSA) is 58.6 Å². The SMILES string of the molecule is COC1(C2(NC(=O)c3ccccc3)CN(C(=O)c3cccs3)C2)CC1. The van der Waals surface area contributed by atoms with Gasteiger partial charge in [-0.3, -0.25) is 9.59 Å². The zero-order valence-electron chi connectivity index (χ0n) is 14.0. The van der Waals surface area contributed by atoms with E-state index in [4.69, 9.17) is 4.74 Å². The van der Waals surface area contributed by atoms with Crippen LogP contribution >= 0.6 is 11.3 Å². The van der Waals surface area contributed by atoms with Crippen molar-refractivity contribution in [3.05, 3.63) is 58.3 Å². The van der Waals surface area contributed by atoms with Crippen LogP contribution in [0.4, 0.5) is 0 Å². The minimum absolute atomic E-state index is 0.0199. The minimum Gasteiger partial charge on any atom is -0.376 e. The van der Waals surface area contributed by atoms with Gasteiger partial charge in [-0.15, -0.1) is 11.3 Å². The van der Waals surface area contributed by atoms with Gasteiger partial charge in [-0.25, -0.2) is 0 Å². The Balaban J connectivity index is 1.53. The maximum Gasteiger partial charge on any atom is 0.264 e. The van der Waals surface area contributed by atoms with Gasteiger partial charge < -0.3 is 15.0 Å². The molecule has 1 saturated carbocycles. The lowest BCUT2D eigenvalue weighted by Gasteiger charge is -2.54. The van der Waals surface area contributed by atoms with Crippen LogP contribution in [-0.4, -0.2) is 48.1 Å². The molecule has 1 saturated heterocycles. The highest BCUT2D eigenvalue weighted by Crippen LogP contribution is 2.52. The summed E-state index contributed by atoms with van der Waals surface area (Å²) in [4.78, 5) is 27.7. The van der Waals surface area contributed by atoms with Crippen LogP contribution < -0.4 is 5.32 Å². The first kappa shape index (κ1) is 16.3. The molecule has 2 aliphatic rings. The van der Waals surface area contributed by atoms with Gasteiger partial charge >= 0.3 is 0 Å². The fourth-order valence-electron chi connectivity index (χ4n) is 3.66. The average Bonchev–Trinajstić information content (AvgIpc) is 3.22. The molecule has 130 valence electrons. The van der Waals surface area contributed by atoms with Crippen LogP contribution in [0.5, 0.6) is 0 Å². The lowest BCUT2D eigenvalue weighted by molar-refractivity contribution is -0.0707. The van der Waals surface area contributed by atoms with Crippen LogP contribution in [0.15, 0.2) is 47.8 Å². The molecule has 2 heterocycles. The Bertz CT molecular complexity index is 778. The Hall–Kier alpha value is -2.18. The van der Waals surface area contributed by atoms with Crippen molar-refractivity contribution < 1.29 is 14.3 Å². The summed E-state index contributed by atoms with van der Waals surface area (Å²) in [6, 6.07) is 12.9. The molecule has 6 heteroatoms. The number of nitrogens with zero attached hydrogens (tertiary/aromatic N) is 1. The van der Waals surface area contributed by atoms with Crippen LogP contribution in [0.3, 0.4) is 0 Å². The van der Waals surface area contributed by atoms with E-state index >= 15 is 0 Å². The lowest BCUT2D eigenvalue weighted by Crippen LogP contribution is -2.77. The van der Waals surface area contributed by atoms with E-state index in [-0.39, 0.29) is 17.4 Å². The second-order valence-corrected chi connectivity index (χ2v) is 7.69. The first-order chi connectivity index (χ1) is 12.1. The van der Waals surface area contributed by atoms with Crippen molar-refractivity contribution in [2.75, 3.05) is 20.2 Å². The van der Waals surface area contributed by atoms with E-state index in [0.29, 0.717) is 18.7 Å². The Morgan fingerprint density at radius 1 is 1.12 bits per heavy atom. The average molecular weight is 356 g/mol. The molecule has 5 nitrogen and oxygen atoms in total. The molecule has 4 rings (SSSR count). The summed E-state index contributed by atoms with van der Waals surface area (Å²) in [5.74, 6) is -0.0985. The number of carbonyl (C=O) groups is 2. The van der Waals surface area contributed by atoms with Gasteiger partial charge in [0, 0.05) is 25.8 Å². The standard InChI is InChI=1S/C19H20N2O3S/c1-24-19(9-10-19)18(20-16(22)14-6-3-2-4-7-14)12-21(13-18)17(23)15-8-5-11-25-15/h2-8,11H,9-10,12-13H2,1H3,(H,20,22). The second-order valence-electron chi connectivity index (χ2n) is 6.74. The molecule has 1 N–H and O–H groups in total. The predicted octanol–water partition coefficient (Wildman–Crippen LogP) is 2.55. The third-order valence-electron chi connectivity index (χ3n) is 5.30. The smallest absolute Gasteiger partial charge is 0.264 e. The zero-order chi connectivity index (χ0) is 17.5. The van der Waals surface area contributed by atoms with Crippen molar-refractivity contribution in [2.45, 2.75) is 24.0 Å². The van der Waals surface area contributed by atoms with Gasteiger partial charge in [0.1, 0.15) is 5.54 Å². The number of thiophene rings is 1. The van der Waals surface area contributed by atoms with Gasteiger partial charge in [-0.1, -0.05) is 24.3 Å². The summed E-state index contributed by atoms with van der Waals surface area (Å²) in [6.45, 7) is 0.965. The Morgan fingerprint density at radius 2 is 1.84 bits per heavy atom. The van der Waals surface area contributed by atoms with Crippen molar-refractivity contribution in [1.29, 1.82) is 0 Å². The fourth-order valence-corrected chi connectivity index (χ4v) is 4.35. The fraction of sp³-hybridized carbons (Fsp3) is 0.368. The van der Waals surface area contributed by atoms with Crippen molar-refractivity contribution in [1.82, 2.24) is 10.2 Å². The first-order valence-electron chi connectivity index (χ1n) is 8.35. The van der Waals surface area contributed by atoms with Crippen LogP contribution in [0, 0.1) is 0 Å². The van der Waals surface area contributed by atoms with Gasteiger partial charge in [-0.05, 0) is 36.4 Å². The van der Waals surface area contributed by atoms with E-state index in [0.717, 1.165) is 17.7 Å². The quantitative estimate of drug-likeness (QED) is 0.896. The molecule has 2 fully saturated rings. The normalized spacial score (nSPS) is 19.8. The van der Waals surface area contributed by atoms with E-state index in [1.165, 1.54) is 11.3 Å². The molecule has 1 aliphatic heterocycles. The summed E-state index contributed by atoms with van der Waals surface area (Å²) >= 11 is 1.44. The number of hydrogen-bond acceptors (Lipinski definition) is 4. The number of ether oxygens (including phenoxy) is 1. The van der Waals surface area contributed by atoms with Gasteiger partial charge in [-0.2, -0.15) is 0 Å². The highest BCUT2D eigenvalue weighted by Gasteiger charge is 2.66. The van der Waals surface area contributed by atoms with Gasteiger partial charge in [0.2, 0.25) is 0 Å². The number of carbonyl (C=O) groups excluding carboxylic acids is 2. The Labute approximate surface area is 150 Å². The third kappa shape index (κ3) is 2.65. The molecule has 2 aromatic rings. The molecule has 1 aromatic carbocycles. The molecule has 25 heavy (non-hydrogen) atoms. The van der Waals surface area contributed by atoms with Crippen LogP contribution in [0.25, 0.3) is 0 Å². The van der Waals surface area contributed by atoms with E-state index in [1.54, 1.807) is 24.1 Å². The van der Waals surface area contributed by atoms with E-state index < -0.39 is 5.54 Å². The van der Waals surface area contributed by atoms with Crippen molar-refractivity contribution in [2.24, 2.45) is 0 Å². The summed E-state index contributed by atoms with van der Waals surface area (Å²) < 4.78 is 5.76. The molecule has 1 aliphatic carbocycles. The summed E-state index contributed by atoms with van der Waals surface area (Å²) in [5, 5.41) is 5.07. The third-order valence-corrected chi connectivity index (χ3v) is 6.15. The molecule has 0 radical (unpaired) electrons. The summed E-state index contributed by atoms with van der Waals surface area (Å²) in [7, 11) is 1.69. The van der Waals surface area contributed by atoms with Crippen LogP contribution in [-0.2, 0) is 4.74 Å². The largest absolute Gasteiger partial charge is 0.376 e. The number of likely N-dealkylation sites (tertiary alicyclic amines) is 1. The molecule has 1 aromatic heterocycles. The number of benzene rings is 1. The highest BCUT2D eigenvalue weighted by molar-refractivity contribution is 7.12. The number of hydrogen-bond donors (Lipinski definition) is 1. The van der Waals surface area contributed by atoms with E-state index in [9.17, 15) is 9.59 Å². The molecule has 0 unspecified atom stereocenters. The highest BCUT2D eigenvalue weighted by atomic mass is 32.1. The number of methoxy groups -OCH3 is 1. The van der Waals surface area contributed by atoms with Crippen LogP contribution in [0.1, 0.15) is 32.9 Å². The molecule has 0 atom stereocenters. The number of rotatable bonds is 5.